The van der Waals surface area contributed by atoms with E-state index >= 15 is 0 Å². The third kappa shape index (κ3) is 3.94. The van der Waals surface area contributed by atoms with Gasteiger partial charge in [0, 0.05) is 29.0 Å². The lowest BCUT2D eigenvalue weighted by molar-refractivity contribution is -0.120. The number of benzene rings is 1. The van der Waals surface area contributed by atoms with Crippen molar-refractivity contribution in [3.05, 3.63) is 27.7 Å². The zero-order chi connectivity index (χ0) is 13.8. The Hall–Kier alpha value is -1.07. The molecular formula is C14H19BrN2O2. The molecule has 0 saturated carbocycles. The van der Waals surface area contributed by atoms with E-state index in [4.69, 9.17) is 4.74 Å². The molecule has 104 valence electrons. The summed E-state index contributed by atoms with van der Waals surface area (Å²) in [5.41, 5.74) is 2.33. The highest BCUT2D eigenvalue weighted by molar-refractivity contribution is 9.10. The highest BCUT2D eigenvalue weighted by Gasteiger charge is 2.17. The Balaban J connectivity index is 1.92. The number of fused-ring (bicyclic) bond motifs is 1. The minimum absolute atomic E-state index is 0.0163. The van der Waals surface area contributed by atoms with Gasteiger partial charge in [0.15, 0.2) is 0 Å². The molecule has 1 aromatic rings. The van der Waals surface area contributed by atoms with Crippen LogP contribution in [0.1, 0.15) is 25.0 Å². The van der Waals surface area contributed by atoms with Crippen molar-refractivity contribution in [3.63, 3.8) is 0 Å². The molecule has 0 unspecified atom stereocenters. The average molecular weight is 327 g/mol. The van der Waals surface area contributed by atoms with Crippen LogP contribution in [0.5, 0.6) is 5.75 Å². The van der Waals surface area contributed by atoms with Crippen LogP contribution in [0.25, 0.3) is 0 Å². The molecule has 1 amide bonds. The number of amides is 1. The van der Waals surface area contributed by atoms with E-state index in [1.807, 2.05) is 19.9 Å². The standard InChI is InChI=1S/C14H19BrN2O2/c1-9(2)17-13(18)8-16-7-11-6-12(15)5-10-3-4-19-14(10)11/h5-6,9,16H,3-4,7-8H2,1-2H3,(H,17,18). The van der Waals surface area contributed by atoms with Gasteiger partial charge < -0.3 is 15.4 Å². The molecule has 1 aromatic carbocycles. The summed E-state index contributed by atoms with van der Waals surface area (Å²) in [6.45, 7) is 5.60. The molecule has 0 saturated heterocycles. The molecule has 5 heteroatoms. The number of rotatable bonds is 5. The van der Waals surface area contributed by atoms with E-state index in [1.165, 1.54) is 5.56 Å². The maximum absolute atomic E-state index is 11.5. The van der Waals surface area contributed by atoms with Gasteiger partial charge in [0.05, 0.1) is 13.2 Å². The second-order valence-corrected chi connectivity index (χ2v) is 5.89. The largest absolute Gasteiger partial charge is 0.493 e. The fourth-order valence-electron chi connectivity index (χ4n) is 2.16. The minimum atomic E-state index is 0.0163. The van der Waals surface area contributed by atoms with Crippen molar-refractivity contribution in [3.8, 4) is 5.75 Å². The molecule has 2 rings (SSSR count). The SMILES string of the molecule is CC(C)NC(=O)CNCc1cc(Br)cc2c1OCC2. The average Bonchev–Trinajstić information content (AvgIpc) is 2.75. The number of carbonyl (C=O) groups is 1. The topological polar surface area (TPSA) is 50.4 Å². The van der Waals surface area contributed by atoms with Gasteiger partial charge in [0.1, 0.15) is 5.75 Å². The Morgan fingerprint density at radius 3 is 3.00 bits per heavy atom. The van der Waals surface area contributed by atoms with Gasteiger partial charge in [-0.15, -0.1) is 0 Å². The van der Waals surface area contributed by atoms with Crippen molar-refractivity contribution < 1.29 is 9.53 Å². The zero-order valence-electron chi connectivity index (χ0n) is 11.3. The number of ether oxygens (including phenoxy) is 1. The molecule has 0 atom stereocenters. The van der Waals surface area contributed by atoms with Crippen LogP contribution in [0.4, 0.5) is 0 Å². The number of halogens is 1. The molecule has 0 radical (unpaired) electrons. The Morgan fingerprint density at radius 1 is 1.47 bits per heavy atom. The quantitative estimate of drug-likeness (QED) is 0.870. The maximum atomic E-state index is 11.5. The van der Waals surface area contributed by atoms with Gasteiger partial charge in [-0.2, -0.15) is 0 Å². The highest BCUT2D eigenvalue weighted by atomic mass is 79.9. The fraction of sp³-hybridized carbons (Fsp3) is 0.500. The summed E-state index contributed by atoms with van der Waals surface area (Å²) in [6, 6.07) is 4.31. The van der Waals surface area contributed by atoms with Gasteiger partial charge in [0.25, 0.3) is 0 Å². The third-order valence-electron chi connectivity index (χ3n) is 2.88. The van der Waals surface area contributed by atoms with Crippen LogP contribution in [-0.2, 0) is 17.8 Å². The lowest BCUT2D eigenvalue weighted by atomic mass is 10.1. The van der Waals surface area contributed by atoms with E-state index in [0.29, 0.717) is 13.1 Å². The summed E-state index contributed by atoms with van der Waals surface area (Å²) in [5, 5.41) is 6.00. The Kier molecular flexibility index (Phi) is 4.82. The fourth-order valence-corrected chi connectivity index (χ4v) is 2.71. The van der Waals surface area contributed by atoms with Crippen molar-refractivity contribution >= 4 is 21.8 Å². The van der Waals surface area contributed by atoms with Gasteiger partial charge >= 0.3 is 0 Å². The van der Waals surface area contributed by atoms with E-state index in [9.17, 15) is 4.79 Å². The lowest BCUT2D eigenvalue weighted by Crippen LogP contribution is -2.37. The molecule has 1 heterocycles. The summed E-state index contributed by atoms with van der Waals surface area (Å²) in [7, 11) is 0. The summed E-state index contributed by atoms with van der Waals surface area (Å²) >= 11 is 3.51. The maximum Gasteiger partial charge on any atom is 0.234 e. The van der Waals surface area contributed by atoms with Crippen LogP contribution in [0, 0.1) is 0 Å². The molecule has 0 bridgehead atoms. The van der Waals surface area contributed by atoms with Gasteiger partial charge in [-0.3, -0.25) is 4.79 Å². The first-order chi connectivity index (χ1) is 9.06. The summed E-state index contributed by atoms with van der Waals surface area (Å²) in [6.07, 6.45) is 0.954. The molecule has 19 heavy (non-hydrogen) atoms. The van der Waals surface area contributed by atoms with E-state index in [0.717, 1.165) is 28.8 Å². The Bertz CT molecular complexity index is 475. The summed E-state index contributed by atoms with van der Waals surface area (Å²) in [4.78, 5) is 11.5. The normalized spacial score (nSPS) is 13.3. The number of nitrogens with one attached hydrogen (secondary N) is 2. The van der Waals surface area contributed by atoms with Crippen LogP contribution in [0.3, 0.4) is 0 Å². The second-order valence-electron chi connectivity index (χ2n) is 4.98. The molecule has 4 nitrogen and oxygen atoms in total. The number of carbonyl (C=O) groups excluding carboxylic acids is 1. The highest BCUT2D eigenvalue weighted by Crippen LogP contribution is 2.32. The third-order valence-corrected chi connectivity index (χ3v) is 3.33. The van der Waals surface area contributed by atoms with Crippen molar-refractivity contribution in [2.75, 3.05) is 13.2 Å². The first-order valence-corrected chi connectivity index (χ1v) is 7.29. The minimum Gasteiger partial charge on any atom is -0.493 e. The molecule has 0 aliphatic carbocycles. The molecule has 0 fully saturated rings. The van der Waals surface area contributed by atoms with Crippen LogP contribution >= 0.6 is 15.9 Å². The zero-order valence-corrected chi connectivity index (χ0v) is 12.8. The van der Waals surface area contributed by atoms with Gasteiger partial charge in [-0.05, 0) is 31.5 Å². The van der Waals surface area contributed by atoms with Gasteiger partial charge in [-0.25, -0.2) is 0 Å². The van der Waals surface area contributed by atoms with Crippen LogP contribution in [0.15, 0.2) is 16.6 Å². The predicted molar refractivity (Wildman–Crippen MR) is 78.3 cm³/mol. The smallest absolute Gasteiger partial charge is 0.234 e. The number of hydrogen-bond donors (Lipinski definition) is 2. The molecule has 0 spiro atoms. The first kappa shape index (κ1) is 14.3. The van der Waals surface area contributed by atoms with E-state index < -0.39 is 0 Å². The van der Waals surface area contributed by atoms with Crippen LogP contribution in [0.2, 0.25) is 0 Å². The van der Waals surface area contributed by atoms with Crippen molar-refractivity contribution in [2.24, 2.45) is 0 Å². The second kappa shape index (κ2) is 6.39. The first-order valence-electron chi connectivity index (χ1n) is 6.50. The molecule has 1 aliphatic rings. The molecule has 1 aliphatic heterocycles. The van der Waals surface area contributed by atoms with Crippen LogP contribution < -0.4 is 15.4 Å². The monoisotopic (exact) mass is 326 g/mol. The van der Waals surface area contributed by atoms with Gasteiger partial charge in [-0.1, -0.05) is 15.9 Å². The Morgan fingerprint density at radius 2 is 2.26 bits per heavy atom. The predicted octanol–water partition coefficient (Wildman–Crippen LogP) is 2.00. The number of hydrogen-bond acceptors (Lipinski definition) is 3. The van der Waals surface area contributed by atoms with Gasteiger partial charge in [0.2, 0.25) is 5.91 Å². The lowest BCUT2D eigenvalue weighted by Gasteiger charge is -2.11. The van der Waals surface area contributed by atoms with Crippen molar-refractivity contribution in [2.45, 2.75) is 32.9 Å². The van der Waals surface area contributed by atoms with Crippen molar-refractivity contribution in [1.29, 1.82) is 0 Å². The Labute approximate surface area is 122 Å². The summed E-state index contributed by atoms with van der Waals surface area (Å²) < 4.78 is 6.70. The van der Waals surface area contributed by atoms with E-state index in [1.54, 1.807) is 0 Å². The molecular weight excluding hydrogens is 308 g/mol. The van der Waals surface area contributed by atoms with E-state index in [-0.39, 0.29) is 11.9 Å². The van der Waals surface area contributed by atoms with Crippen LogP contribution in [-0.4, -0.2) is 25.1 Å². The van der Waals surface area contributed by atoms with Crippen molar-refractivity contribution in [1.82, 2.24) is 10.6 Å². The molecule has 0 aromatic heterocycles. The van der Waals surface area contributed by atoms with E-state index in [2.05, 4.69) is 32.6 Å². The molecule has 2 N–H and O–H groups in total. The summed E-state index contributed by atoms with van der Waals surface area (Å²) in [5.74, 6) is 0.988.